The summed E-state index contributed by atoms with van der Waals surface area (Å²) in [5.74, 6) is -1.59. The minimum absolute atomic E-state index is 0.0284. The van der Waals surface area contributed by atoms with E-state index >= 15 is 0 Å². The van der Waals surface area contributed by atoms with Gasteiger partial charge in [-0.25, -0.2) is 0 Å². The molecule has 0 radical (unpaired) electrons. The molecule has 0 bridgehead atoms. The average Bonchev–Trinajstić information content (AvgIpc) is 3.06. The predicted molar refractivity (Wildman–Crippen MR) is 103 cm³/mol. The number of aldehydes is 1. The lowest BCUT2D eigenvalue weighted by Gasteiger charge is -2.13. The molecule has 1 aromatic rings. The van der Waals surface area contributed by atoms with E-state index in [1.165, 1.54) is 24.3 Å². The molecule has 0 atom stereocenters. The molecule has 1 aliphatic rings. The van der Waals surface area contributed by atoms with E-state index in [0.29, 0.717) is 38.2 Å². The topological polar surface area (TPSA) is 128 Å². The SMILES string of the molecule is O=CCOCCOCCNC(=O)c1ccc(OC(=O)CCN2C(=O)C=CC2=O)cc1. The Kier molecular flexibility index (Phi) is 9.35. The molecule has 0 aliphatic carbocycles. The number of carbonyl (C=O) groups excluding carboxylic acids is 5. The molecule has 1 aliphatic heterocycles. The number of hydrogen-bond donors (Lipinski definition) is 1. The van der Waals surface area contributed by atoms with Gasteiger partial charge in [-0.2, -0.15) is 0 Å². The standard InChI is InChI=1S/C20H22N2O8/c23-10-12-29-14-13-28-11-8-21-20(27)15-1-3-16(4-2-15)30-19(26)7-9-22-17(24)5-6-18(22)25/h1-6,10H,7-9,11-14H2,(H,21,27). The molecule has 3 amide bonds. The van der Waals surface area contributed by atoms with Crippen molar-refractivity contribution < 1.29 is 38.2 Å². The van der Waals surface area contributed by atoms with Gasteiger partial charge in [-0.3, -0.25) is 24.1 Å². The summed E-state index contributed by atoms with van der Waals surface area (Å²) in [5, 5.41) is 2.68. The van der Waals surface area contributed by atoms with E-state index in [0.717, 1.165) is 17.1 Å². The zero-order chi connectivity index (χ0) is 21.8. The lowest BCUT2D eigenvalue weighted by Crippen LogP contribution is -2.32. The number of nitrogens with one attached hydrogen (secondary N) is 1. The minimum Gasteiger partial charge on any atom is -0.426 e. The molecule has 30 heavy (non-hydrogen) atoms. The van der Waals surface area contributed by atoms with Crippen LogP contribution in [-0.2, 0) is 28.7 Å². The highest BCUT2D eigenvalue weighted by Crippen LogP contribution is 2.13. The van der Waals surface area contributed by atoms with Gasteiger partial charge in [0.2, 0.25) is 0 Å². The van der Waals surface area contributed by atoms with Gasteiger partial charge in [0.05, 0.1) is 26.2 Å². The van der Waals surface area contributed by atoms with Crippen LogP contribution < -0.4 is 10.1 Å². The summed E-state index contributed by atoms with van der Waals surface area (Å²) < 4.78 is 15.3. The third kappa shape index (κ3) is 7.57. The van der Waals surface area contributed by atoms with Crippen LogP contribution in [0.3, 0.4) is 0 Å². The highest BCUT2D eigenvalue weighted by Gasteiger charge is 2.24. The molecule has 0 saturated heterocycles. The quantitative estimate of drug-likeness (QED) is 0.154. The maximum absolute atomic E-state index is 12.0. The number of hydrogen-bond acceptors (Lipinski definition) is 8. The predicted octanol–water partition coefficient (Wildman–Crippen LogP) is -0.131. The number of esters is 1. The van der Waals surface area contributed by atoms with E-state index in [4.69, 9.17) is 14.2 Å². The van der Waals surface area contributed by atoms with Crippen LogP contribution in [0, 0.1) is 0 Å². The fraction of sp³-hybridized carbons (Fsp3) is 0.350. The van der Waals surface area contributed by atoms with Gasteiger partial charge in [0.1, 0.15) is 18.6 Å². The molecule has 0 fully saturated rings. The second-order valence-electron chi connectivity index (χ2n) is 6.02. The number of ether oxygens (including phenoxy) is 3. The first-order valence-corrected chi connectivity index (χ1v) is 9.23. The van der Waals surface area contributed by atoms with Crippen molar-refractivity contribution in [3.63, 3.8) is 0 Å². The van der Waals surface area contributed by atoms with Crippen LogP contribution in [0.1, 0.15) is 16.8 Å². The van der Waals surface area contributed by atoms with Crippen molar-refractivity contribution >= 4 is 30.0 Å². The summed E-state index contributed by atoms with van der Waals surface area (Å²) in [5.41, 5.74) is 0.378. The van der Waals surface area contributed by atoms with Crippen molar-refractivity contribution in [2.75, 3.05) is 39.5 Å². The van der Waals surface area contributed by atoms with Gasteiger partial charge in [0.25, 0.3) is 17.7 Å². The highest BCUT2D eigenvalue weighted by atomic mass is 16.5. The zero-order valence-corrected chi connectivity index (χ0v) is 16.2. The molecule has 2 rings (SSSR count). The van der Waals surface area contributed by atoms with Crippen molar-refractivity contribution in [3.8, 4) is 5.75 Å². The molecule has 0 unspecified atom stereocenters. The van der Waals surface area contributed by atoms with Crippen molar-refractivity contribution in [1.82, 2.24) is 10.2 Å². The van der Waals surface area contributed by atoms with E-state index in [-0.39, 0.29) is 31.2 Å². The lowest BCUT2D eigenvalue weighted by molar-refractivity contribution is -0.139. The third-order valence-corrected chi connectivity index (χ3v) is 3.88. The molecular weight excluding hydrogens is 396 g/mol. The summed E-state index contributed by atoms with van der Waals surface area (Å²) in [6.07, 6.45) is 2.81. The van der Waals surface area contributed by atoms with Crippen LogP contribution >= 0.6 is 0 Å². The molecule has 1 N–H and O–H groups in total. The van der Waals surface area contributed by atoms with E-state index in [1.807, 2.05) is 0 Å². The molecule has 10 nitrogen and oxygen atoms in total. The molecule has 1 aromatic carbocycles. The van der Waals surface area contributed by atoms with Crippen LogP contribution in [0.25, 0.3) is 0 Å². The molecular formula is C20H22N2O8. The zero-order valence-electron chi connectivity index (χ0n) is 16.2. The second kappa shape index (κ2) is 12.2. The van der Waals surface area contributed by atoms with Crippen LogP contribution in [0.4, 0.5) is 0 Å². The summed E-state index contributed by atoms with van der Waals surface area (Å²) in [6, 6.07) is 5.95. The number of rotatable bonds is 13. The summed E-state index contributed by atoms with van der Waals surface area (Å²) in [4.78, 5) is 57.8. The van der Waals surface area contributed by atoms with Gasteiger partial charge < -0.3 is 24.3 Å². The van der Waals surface area contributed by atoms with Crippen molar-refractivity contribution in [2.24, 2.45) is 0 Å². The Morgan fingerprint density at radius 3 is 2.30 bits per heavy atom. The Morgan fingerprint density at radius 2 is 1.63 bits per heavy atom. The summed E-state index contributed by atoms with van der Waals surface area (Å²) in [7, 11) is 0. The number of carbonyl (C=O) groups is 5. The fourth-order valence-corrected chi connectivity index (χ4v) is 2.40. The van der Waals surface area contributed by atoms with Gasteiger partial charge in [-0.05, 0) is 24.3 Å². The largest absolute Gasteiger partial charge is 0.426 e. The van der Waals surface area contributed by atoms with Crippen LogP contribution in [0.5, 0.6) is 5.75 Å². The normalized spacial score (nSPS) is 12.9. The minimum atomic E-state index is -0.603. The van der Waals surface area contributed by atoms with Crippen molar-refractivity contribution in [1.29, 1.82) is 0 Å². The Morgan fingerprint density at radius 1 is 0.967 bits per heavy atom. The van der Waals surface area contributed by atoms with E-state index in [2.05, 4.69) is 5.32 Å². The Bertz CT molecular complexity index is 786. The molecule has 0 saturated carbocycles. The first-order chi connectivity index (χ1) is 14.5. The number of nitrogens with zero attached hydrogens (tertiary/aromatic N) is 1. The van der Waals surface area contributed by atoms with Gasteiger partial charge in [0, 0.05) is 30.8 Å². The Hall–Kier alpha value is -3.37. The second-order valence-corrected chi connectivity index (χ2v) is 6.02. The summed E-state index contributed by atoms with van der Waals surface area (Å²) in [6.45, 7) is 1.18. The van der Waals surface area contributed by atoms with Crippen molar-refractivity contribution in [3.05, 3.63) is 42.0 Å². The van der Waals surface area contributed by atoms with Gasteiger partial charge in [-0.15, -0.1) is 0 Å². The van der Waals surface area contributed by atoms with Gasteiger partial charge in [0.15, 0.2) is 0 Å². The third-order valence-electron chi connectivity index (χ3n) is 3.88. The lowest BCUT2D eigenvalue weighted by atomic mass is 10.2. The summed E-state index contributed by atoms with van der Waals surface area (Å²) >= 11 is 0. The van der Waals surface area contributed by atoms with Gasteiger partial charge >= 0.3 is 5.97 Å². The number of imide groups is 1. The highest BCUT2D eigenvalue weighted by molar-refractivity contribution is 6.13. The van der Waals surface area contributed by atoms with Crippen LogP contribution in [0.15, 0.2) is 36.4 Å². The number of benzene rings is 1. The van der Waals surface area contributed by atoms with E-state index < -0.39 is 17.8 Å². The van der Waals surface area contributed by atoms with E-state index in [1.54, 1.807) is 0 Å². The molecule has 0 spiro atoms. The molecule has 160 valence electrons. The number of amides is 3. The fourth-order valence-electron chi connectivity index (χ4n) is 2.40. The maximum Gasteiger partial charge on any atom is 0.312 e. The first-order valence-electron chi connectivity index (χ1n) is 9.23. The first kappa shape index (κ1) is 22.9. The van der Waals surface area contributed by atoms with Crippen molar-refractivity contribution in [2.45, 2.75) is 6.42 Å². The van der Waals surface area contributed by atoms with Crippen LogP contribution in [0.2, 0.25) is 0 Å². The molecule has 0 aromatic heterocycles. The molecule has 1 heterocycles. The van der Waals surface area contributed by atoms with E-state index in [9.17, 15) is 24.0 Å². The Labute approximate surface area is 172 Å². The molecule has 10 heteroatoms. The average molecular weight is 418 g/mol. The monoisotopic (exact) mass is 418 g/mol. The van der Waals surface area contributed by atoms with Crippen LogP contribution in [-0.4, -0.2) is 74.4 Å². The van der Waals surface area contributed by atoms with Gasteiger partial charge in [-0.1, -0.05) is 0 Å². The maximum atomic E-state index is 12.0. The Balaban J connectivity index is 1.65. The smallest absolute Gasteiger partial charge is 0.312 e.